The van der Waals surface area contributed by atoms with Crippen molar-refractivity contribution in [2.45, 2.75) is 71.1 Å². The fraction of sp³-hybridized carbons (Fsp3) is 1.00. The van der Waals surface area contributed by atoms with E-state index in [2.05, 4.69) is 6.92 Å². The van der Waals surface area contributed by atoms with Gasteiger partial charge in [-0.1, -0.05) is 64.7 Å². The fourth-order valence-electron chi connectivity index (χ4n) is 2.24. The highest BCUT2D eigenvalue weighted by Gasteiger charge is 2.29. The lowest BCUT2D eigenvalue weighted by molar-refractivity contribution is -0.0228. The van der Waals surface area contributed by atoms with Crippen LogP contribution in [0.5, 0.6) is 0 Å². The van der Waals surface area contributed by atoms with Crippen LogP contribution >= 0.6 is 0 Å². The largest absolute Gasteiger partial charge is 0.396 e. The van der Waals surface area contributed by atoms with Gasteiger partial charge in [0.1, 0.15) is 0 Å². The quantitative estimate of drug-likeness (QED) is 0.350. The van der Waals surface area contributed by atoms with Crippen LogP contribution < -0.4 is 0 Å². The molecule has 0 radical (unpaired) electrons. The molecule has 5 nitrogen and oxygen atoms in total. The second-order valence-corrected chi connectivity index (χ2v) is 7.68. The molecule has 0 heterocycles. The van der Waals surface area contributed by atoms with Crippen molar-refractivity contribution in [3.8, 4) is 0 Å². The van der Waals surface area contributed by atoms with Gasteiger partial charge in [0.2, 0.25) is 0 Å². The van der Waals surface area contributed by atoms with Crippen molar-refractivity contribution in [1.29, 1.82) is 0 Å². The molecule has 0 aliphatic rings. The minimum absolute atomic E-state index is 0.0964. The first-order valence-corrected chi connectivity index (χ1v) is 10.2. The molecule has 1 atom stereocenters. The summed E-state index contributed by atoms with van der Waals surface area (Å²) >= 11 is -1.42. The van der Waals surface area contributed by atoms with Gasteiger partial charge >= 0.3 is 0 Å². The Hall–Kier alpha value is -0.0100. The van der Waals surface area contributed by atoms with Crippen molar-refractivity contribution in [3.63, 3.8) is 0 Å². The maximum Gasteiger partial charge on any atom is 0.155 e. The molecule has 0 fully saturated rings. The lowest BCUT2D eigenvalue weighted by Crippen LogP contribution is -2.39. The van der Waals surface area contributed by atoms with E-state index in [1.165, 1.54) is 51.4 Å². The molecule has 0 bridgehead atoms. The summed E-state index contributed by atoms with van der Waals surface area (Å²) in [6.45, 7) is 0.951. The van der Waals surface area contributed by atoms with Gasteiger partial charge < -0.3 is 15.3 Å². The van der Waals surface area contributed by atoms with Crippen LogP contribution in [-0.4, -0.2) is 51.7 Å². The zero-order valence-electron chi connectivity index (χ0n) is 14.7. The summed E-state index contributed by atoms with van der Waals surface area (Å²) in [7, 11) is 0. The average Bonchev–Trinajstić information content (AvgIpc) is 2.58. The zero-order chi connectivity index (χ0) is 17.4. The maximum atomic E-state index is 11.7. The van der Waals surface area contributed by atoms with Gasteiger partial charge in [-0.25, -0.2) is 4.21 Å². The third kappa shape index (κ3) is 12.1. The third-order valence-electron chi connectivity index (χ3n) is 4.17. The lowest BCUT2D eigenvalue weighted by Gasteiger charge is -2.26. The van der Waals surface area contributed by atoms with Crippen molar-refractivity contribution in [3.05, 3.63) is 0 Å². The van der Waals surface area contributed by atoms with Crippen LogP contribution in [0.25, 0.3) is 0 Å². The molecule has 0 aliphatic heterocycles. The molecule has 0 amide bonds. The van der Waals surface area contributed by atoms with Crippen LogP contribution in [0, 0.1) is 5.41 Å². The summed E-state index contributed by atoms with van der Waals surface area (Å²) in [5.74, 6) is 0.467. The van der Waals surface area contributed by atoms with Gasteiger partial charge in [0.25, 0.3) is 0 Å². The molecule has 0 saturated heterocycles. The predicted molar refractivity (Wildman–Crippen MR) is 94.5 cm³/mol. The minimum atomic E-state index is -1.42. The van der Waals surface area contributed by atoms with E-state index >= 15 is 0 Å². The van der Waals surface area contributed by atoms with E-state index in [0.717, 1.165) is 12.8 Å². The molecule has 1 unspecified atom stereocenters. The highest BCUT2D eigenvalue weighted by atomic mass is 32.2. The minimum Gasteiger partial charge on any atom is -0.396 e. The van der Waals surface area contributed by atoms with Crippen LogP contribution in [0.3, 0.4) is 0 Å². The Morgan fingerprint density at radius 2 is 1.22 bits per heavy atom. The number of unbranched alkanes of at least 4 members (excludes halogenated alkanes) is 9. The van der Waals surface area contributed by atoms with E-state index in [0.29, 0.717) is 5.75 Å². The molecule has 0 aliphatic carbocycles. The number of rotatable bonds is 17. The maximum absolute atomic E-state index is 11.7. The third-order valence-corrected chi connectivity index (χ3v) is 5.17. The van der Waals surface area contributed by atoms with Crippen molar-refractivity contribution < 1.29 is 23.7 Å². The highest BCUT2D eigenvalue weighted by Crippen LogP contribution is 2.16. The monoisotopic (exact) mass is 352 g/mol. The van der Waals surface area contributed by atoms with Gasteiger partial charge in [0.15, 0.2) is 11.1 Å². The number of aliphatic hydroxyl groups is 3. The van der Waals surface area contributed by atoms with Crippen molar-refractivity contribution in [2.75, 3.05) is 32.2 Å². The van der Waals surface area contributed by atoms with E-state index in [1.54, 1.807) is 0 Å². The Morgan fingerprint density at radius 3 is 1.65 bits per heavy atom. The second kappa shape index (κ2) is 15.5. The SMILES string of the molecule is CCCCCCCCCCCCS(=O)OCC(CO)(CO)CO. The smallest absolute Gasteiger partial charge is 0.155 e. The second-order valence-electron chi connectivity index (χ2n) is 6.43. The van der Waals surface area contributed by atoms with Crippen molar-refractivity contribution in [1.82, 2.24) is 0 Å². The summed E-state index contributed by atoms with van der Waals surface area (Å²) in [4.78, 5) is 0. The first-order chi connectivity index (χ1) is 11.1. The lowest BCUT2D eigenvalue weighted by atomic mass is 9.93. The van der Waals surface area contributed by atoms with Crippen molar-refractivity contribution in [2.24, 2.45) is 5.41 Å². The summed E-state index contributed by atoms with van der Waals surface area (Å²) in [6.07, 6.45) is 12.2. The summed E-state index contributed by atoms with van der Waals surface area (Å²) < 4.78 is 16.9. The van der Waals surface area contributed by atoms with E-state index in [4.69, 9.17) is 19.5 Å². The average molecular weight is 353 g/mol. The Balaban J connectivity index is 3.50. The predicted octanol–water partition coefficient (Wildman–Crippen LogP) is 2.55. The topological polar surface area (TPSA) is 87.0 Å². The number of hydrogen-bond donors (Lipinski definition) is 3. The molecule has 0 aromatic carbocycles. The molecular weight excluding hydrogens is 316 g/mol. The molecule has 0 rings (SSSR count). The molecule has 140 valence electrons. The Labute approximate surface area is 144 Å². The molecule has 6 heteroatoms. The van der Waals surface area contributed by atoms with Crippen molar-refractivity contribution >= 4 is 11.1 Å². The van der Waals surface area contributed by atoms with Gasteiger partial charge in [-0.2, -0.15) is 0 Å². The highest BCUT2D eigenvalue weighted by molar-refractivity contribution is 7.80. The van der Waals surface area contributed by atoms with Gasteiger partial charge in [0.05, 0.1) is 31.8 Å². The summed E-state index contributed by atoms with van der Waals surface area (Å²) in [5.41, 5.74) is -1.10. The zero-order valence-corrected chi connectivity index (χ0v) is 15.5. The first kappa shape index (κ1) is 23.0. The Bertz CT molecular complexity index is 274. The summed E-state index contributed by atoms with van der Waals surface area (Å²) in [6, 6.07) is 0. The van der Waals surface area contributed by atoms with E-state index in [-0.39, 0.29) is 6.61 Å². The first-order valence-electron chi connectivity index (χ1n) is 8.98. The summed E-state index contributed by atoms with van der Waals surface area (Å²) in [5, 5.41) is 27.5. The molecule has 0 aromatic rings. The molecule has 23 heavy (non-hydrogen) atoms. The van der Waals surface area contributed by atoms with Gasteiger partial charge in [-0.3, -0.25) is 4.18 Å². The van der Waals surface area contributed by atoms with Crippen LogP contribution in [-0.2, 0) is 15.3 Å². The molecule has 0 spiro atoms. The number of aliphatic hydroxyl groups excluding tert-OH is 3. The van der Waals surface area contributed by atoms with Crippen LogP contribution in [0.1, 0.15) is 71.1 Å². The molecule has 0 saturated carbocycles. The van der Waals surface area contributed by atoms with E-state index in [9.17, 15) is 4.21 Å². The van der Waals surface area contributed by atoms with Gasteiger partial charge in [-0.05, 0) is 6.42 Å². The molecule has 3 N–H and O–H groups in total. The van der Waals surface area contributed by atoms with Gasteiger partial charge in [0, 0.05) is 5.75 Å². The van der Waals surface area contributed by atoms with E-state index in [1.807, 2.05) is 0 Å². The Morgan fingerprint density at radius 1 is 0.783 bits per heavy atom. The van der Waals surface area contributed by atoms with Gasteiger partial charge in [-0.15, -0.1) is 0 Å². The van der Waals surface area contributed by atoms with Crippen LogP contribution in [0.4, 0.5) is 0 Å². The molecule has 0 aromatic heterocycles. The number of hydrogen-bond acceptors (Lipinski definition) is 5. The van der Waals surface area contributed by atoms with Crippen LogP contribution in [0.2, 0.25) is 0 Å². The van der Waals surface area contributed by atoms with Crippen LogP contribution in [0.15, 0.2) is 0 Å². The van der Waals surface area contributed by atoms with E-state index < -0.39 is 36.3 Å². The standard InChI is InChI=1S/C17H36O5S/c1-2-3-4-5-6-7-8-9-10-11-12-23(21)22-16-17(13-18,14-19)15-20/h18-20H,2-16H2,1H3. The molecular formula is C17H36O5S. The normalized spacial score (nSPS) is 13.4. The fourth-order valence-corrected chi connectivity index (χ4v) is 3.18. The Kier molecular flexibility index (Phi) is 15.5.